The number of hydrogen-bond donors (Lipinski definition) is 0. The van der Waals surface area contributed by atoms with E-state index in [-0.39, 0.29) is 31.1 Å². The van der Waals surface area contributed by atoms with Crippen molar-refractivity contribution in [3.05, 3.63) is 85.1 Å². The van der Waals surface area contributed by atoms with Gasteiger partial charge in [0.1, 0.15) is 13.2 Å². The van der Waals surface area contributed by atoms with E-state index in [1.807, 2.05) is 0 Å². The number of carbonyl (C=O) groups is 3. The Kier molecular flexibility index (Phi) is 54.3. The molecule has 0 aromatic rings. The van der Waals surface area contributed by atoms with Gasteiger partial charge in [-0.1, -0.05) is 228 Å². The maximum absolute atomic E-state index is 12.9. The lowest BCUT2D eigenvalue weighted by atomic mass is 10.1. The van der Waals surface area contributed by atoms with Crippen LogP contribution >= 0.6 is 0 Å². The van der Waals surface area contributed by atoms with Crippen molar-refractivity contribution in [2.24, 2.45) is 0 Å². The topological polar surface area (TPSA) is 78.9 Å². The molecule has 396 valence electrons. The van der Waals surface area contributed by atoms with Crippen molar-refractivity contribution in [3.63, 3.8) is 0 Å². The predicted octanol–water partition coefficient (Wildman–Crippen LogP) is 19.5. The summed E-state index contributed by atoms with van der Waals surface area (Å²) in [6, 6.07) is 0. The van der Waals surface area contributed by atoms with Crippen LogP contribution in [0.5, 0.6) is 0 Å². The second-order valence-electron chi connectivity index (χ2n) is 19.2. The fourth-order valence-corrected chi connectivity index (χ4v) is 7.99. The summed E-state index contributed by atoms with van der Waals surface area (Å²) >= 11 is 0. The van der Waals surface area contributed by atoms with Gasteiger partial charge in [-0.05, 0) is 116 Å². The van der Waals surface area contributed by atoms with E-state index in [4.69, 9.17) is 14.2 Å². The summed E-state index contributed by atoms with van der Waals surface area (Å²) in [6.07, 6.45) is 74.2. The fraction of sp³-hybridized carbons (Fsp3) is 0.730. The molecule has 0 rings (SSSR count). The first kappa shape index (κ1) is 65.6. The molecule has 0 unspecified atom stereocenters. The molecular weight excluding hydrogens is 853 g/mol. The maximum atomic E-state index is 12.9. The number of rotatable bonds is 52. The fourth-order valence-electron chi connectivity index (χ4n) is 7.99. The van der Waals surface area contributed by atoms with Crippen molar-refractivity contribution in [2.75, 3.05) is 13.2 Å². The van der Waals surface area contributed by atoms with Crippen LogP contribution in [0.1, 0.15) is 278 Å². The molecule has 6 heteroatoms. The highest BCUT2D eigenvalue weighted by Gasteiger charge is 2.19. The average molecular weight is 962 g/mol. The summed E-state index contributed by atoms with van der Waals surface area (Å²) in [5, 5.41) is 0. The summed E-state index contributed by atoms with van der Waals surface area (Å²) in [6.45, 7) is 6.48. The third kappa shape index (κ3) is 55.4. The largest absolute Gasteiger partial charge is 0.462 e. The minimum absolute atomic E-state index is 0.0912. The first-order valence-corrected chi connectivity index (χ1v) is 29.1. The van der Waals surface area contributed by atoms with Gasteiger partial charge in [-0.2, -0.15) is 0 Å². The summed E-state index contributed by atoms with van der Waals surface area (Å²) < 4.78 is 16.9. The van der Waals surface area contributed by atoms with Gasteiger partial charge >= 0.3 is 17.9 Å². The van der Waals surface area contributed by atoms with Crippen LogP contribution in [0.15, 0.2) is 85.1 Å². The van der Waals surface area contributed by atoms with Crippen molar-refractivity contribution >= 4 is 17.9 Å². The van der Waals surface area contributed by atoms with Gasteiger partial charge in [-0.25, -0.2) is 0 Å². The molecule has 0 saturated heterocycles. The number of allylic oxidation sites excluding steroid dienone is 14. The van der Waals surface area contributed by atoms with Gasteiger partial charge in [0.15, 0.2) is 6.10 Å². The Balaban J connectivity index is 4.45. The van der Waals surface area contributed by atoms with Gasteiger partial charge in [-0.15, -0.1) is 0 Å². The minimum Gasteiger partial charge on any atom is -0.462 e. The number of hydrogen-bond acceptors (Lipinski definition) is 6. The third-order valence-corrected chi connectivity index (χ3v) is 12.4. The highest BCUT2D eigenvalue weighted by molar-refractivity contribution is 5.71. The summed E-state index contributed by atoms with van der Waals surface area (Å²) in [5.74, 6) is -0.921. The van der Waals surface area contributed by atoms with Gasteiger partial charge in [0.05, 0.1) is 0 Å². The van der Waals surface area contributed by atoms with Gasteiger partial charge in [0.25, 0.3) is 0 Å². The molecule has 0 aromatic carbocycles. The van der Waals surface area contributed by atoms with Crippen LogP contribution in [-0.2, 0) is 28.6 Å². The zero-order valence-electron chi connectivity index (χ0n) is 45.3. The van der Waals surface area contributed by atoms with E-state index in [0.717, 1.165) is 109 Å². The number of carbonyl (C=O) groups excluding carboxylic acids is 3. The van der Waals surface area contributed by atoms with Crippen LogP contribution in [-0.4, -0.2) is 37.2 Å². The zero-order chi connectivity index (χ0) is 50.0. The molecule has 0 aromatic heterocycles. The summed E-state index contributed by atoms with van der Waals surface area (Å²) in [7, 11) is 0. The van der Waals surface area contributed by atoms with Gasteiger partial charge in [-0.3, -0.25) is 14.4 Å². The molecule has 0 heterocycles. The monoisotopic (exact) mass is 961 g/mol. The van der Waals surface area contributed by atoms with Crippen molar-refractivity contribution in [3.8, 4) is 0 Å². The number of unbranched alkanes of at least 4 members (excludes halogenated alkanes) is 27. The van der Waals surface area contributed by atoms with E-state index >= 15 is 0 Å². The molecule has 0 aliphatic carbocycles. The lowest BCUT2D eigenvalue weighted by molar-refractivity contribution is -0.167. The van der Waals surface area contributed by atoms with Crippen LogP contribution in [0.2, 0.25) is 0 Å². The van der Waals surface area contributed by atoms with E-state index < -0.39 is 6.10 Å². The molecule has 0 saturated carbocycles. The normalized spacial score (nSPS) is 12.7. The second-order valence-corrected chi connectivity index (χ2v) is 19.2. The quantitative estimate of drug-likeness (QED) is 0.0262. The van der Waals surface area contributed by atoms with E-state index in [1.54, 1.807) is 0 Å². The van der Waals surface area contributed by atoms with Crippen molar-refractivity contribution in [2.45, 2.75) is 284 Å². The summed E-state index contributed by atoms with van der Waals surface area (Å²) in [4.78, 5) is 38.2. The molecule has 0 bridgehead atoms. The highest BCUT2D eigenvalue weighted by Crippen LogP contribution is 2.15. The Labute approximate surface area is 426 Å². The molecule has 0 fully saturated rings. The van der Waals surface area contributed by atoms with Crippen LogP contribution in [0, 0.1) is 0 Å². The summed E-state index contributed by atoms with van der Waals surface area (Å²) in [5.41, 5.74) is 0. The number of esters is 3. The molecule has 69 heavy (non-hydrogen) atoms. The van der Waals surface area contributed by atoms with Crippen molar-refractivity contribution < 1.29 is 28.6 Å². The zero-order valence-corrected chi connectivity index (χ0v) is 45.3. The molecule has 0 spiro atoms. The second kappa shape index (κ2) is 57.2. The average Bonchev–Trinajstić information content (AvgIpc) is 3.35. The molecule has 1 atom stereocenters. The van der Waals surface area contributed by atoms with Gasteiger partial charge in [0.2, 0.25) is 0 Å². The molecule has 0 aliphatic heterocycles. The SMILES string of the molecule is CC/C=C\C/C=C\C/C=C\C/C=C\CCCCCCC(=O)O[C@H](COC(=O)CCCCCCCCC/C=C\C/C=C\CCCCC)COC(=O)CCCCCCCCC/C=C\CCCCCCCC. The Bertz CT molecular complexity index is 1330. The highest BCUT2D eigenvalue weighted by atomic mass is 16.6. The van der Waals surface area contributed by atoms with Crippen LogP contribution in [0.25, 0.3) is 0 Å². The van der Waals surface area contributed by atoms with E-state index in [9.17, 15) is 14.4 Å². The first-order valence-electron chi connectivity index (χ1n) is 29.1. The maximum Gasteiger partial charge on any atom is 0.306 e. The van der Waals surface area contributed by atoms with Gasteiger partial charge < -0.3 is 14.2 Å². The first-order chi connectivity index (χ1) is 34.0. The van der Waals surface area contributed by atoms with Crippen LogP contribution < -0.4 is 0 Å². The Hall–Kier alpha value is -3.41. The lowest BCUT2D eigenvalue weighted by Crippen LogP contribution is -2.30. The molecule has 0 aliphatic rings. The van der Waals surface area contributed by atoms with E-state index in [2.05, 4.69) is 106 Å². The molecule has 0 radical (unpaired) electrons. The Morgan fingerprint density at radius 3 is 0.928 bits per heavy atom. The smallest absolute Gasteiger partial charge is 0.306 e. The van der Waals surface area contributed by atoms with Crippen molar-refractivity contribution in [1.82, 2.24) is 0 Å². The van der Waals surface area contributed by atoms with Crippen LogP contribution in [0.3, 0.4) is 0 Å². The number of ether oxygens (including phenoxy) is 3. The minimum atomic E-state index is -0.796. The molecule has 0 N–H and O–H groups in total. The third-order valence-electron chi connectivity index (χ3n) is 12.4. The Morgan fingerprint density at radius 1 is 0.304 bits per heavy atom. The lowest BCUT2D eigenvalue weighted by Gasteiger charge is -2.18. The standard InChI is InChI=1S/C63H108O6/c1-4-7-10-13-16-19-22-25-28-31-34-37-40-43-46-49-52-55-61(64)67-58-60(69-63(66)57-54-51-48-45-42-39-36-33-30-27-24-21-18-15-12-9-6-3)59-68-62(65)56-53-50-47-44-41-38-35-32-29-26-23-20-17-14-11-8-5-2/h9,12,16,18-19,21,25-30,36,39,60H,4-8,10-11,13-15,17,20,22-24,31-35,37-38,40-59H2,1-3H3/b12-9-,19-16-,21-18-,28-25-,29-26-,30-27-,39-36-/t60-/m1/s1. The van der Waals surface area contributed by atoms with Gasteiger partial charge in [0, 0.05) is 19.3 Å². The van der Waals surface area contributed by atoms with Crippen LogP contribution in [0.4, 0.5) is 0 Å². The Morgan fingerprint density at radius 2 is 0.565 bits per heavy atom. The predicted molar refractivity (Wildman–Crippen MR) is 297 cm³/mol. The van der Waals surface area contributed by atoms with Crippen molar-refractivity contribution in [1.29, 1.82) is 0 Å². The van der Waals surface area contributed by atoms with E-state index in [0.29, 0.717) is 19.3 Å². The van der Waals surface area contributed by atoms with E-state index in [1.165, 1.54) is 128 Å². The molecule has 6 nitrogen and oxygen atoms in total. The molecule has 0 amide bonds. The molecular formula is C63H108O6.